The van der Waals surface area contributed by atoms with Crippen LogP contribution >= 0.6 is 0 Å². The molecule has 0 fully saturated rings. The van der Waals surface area contributed by atoms with Gasteiger partial charge in [0, 0.05) is 19.4 Å². The highest BCUT2D eigenvalue weighted by Gasteiger charge is 1.69. The van der Waals surface area contributed by atoms with Crippen molar-refractivity contribution in [1.29, 1.82) is 0 Å². The minimum Gasteiger partial charge on any atom is -0.341 e. The van der Waals surface area contributed by atoms with Crippen LogP contribution in [0.15, 0.2) is 18.7 Å². The highest BCUT2D eigenvalue weighted by Crippen LogP contribution is 1.73. The lowest BCUT2D eigenvalue weighted by atomic mass is 10.9. The van der Waals surface area contributed by atoms with Crippen molar-refractivity contribution in [1.82, 2.24) is 9.55 Å². The van der Waals surface area contributed by atoms with Crippen LogP contribution < -0.4 is 0 Å². The Hall–Kier alpha value is -0.720. The Bertz CT molecular complexity index is 182. The number of aromatic nitrogens is 2. The molecule has 0 unspecified atom stereocenters. The van der Waals surface area contributed by atoms with Crippen molar-refractivity contribution in [2.75, 3.05) is 0 Å². The third kappa shape index (κ3) is 7.28. The molecule has 1 heterocycles. The van der Waals surface area contributed by atoms with Crippen LogP contribution in [0.1, 0.15) is 0 Å². The highest BCUT2D eigenvalue weighted by atomic mass is 32.2. The van der Waals surface area contributed by atoms with Gasteiger partial charge in [0.1, 0.15) is 0 Å². The summed E-state index contributed by atoms with van der Waals surface area (Å²) in [6, 6.07) is 0. The molecule has 0 aromatic carbocycles. The fraction of sp³-hybridized carbons (Fsp3) is 0.250. The molecule has 1 rings (SSSR count). The van der Waals surface area contributed by atoms with Crippen molar-refractivity contribution in [2.45, 2.75) is 0 Å². The zero-order chi connectivity index (χ0) is 7.98. The van der Waals surface area contributed by atoms with E-state index in [1.165, 1.54) is 0 Å². The number of hydrogen-bond acceptors (Lipinski definition) is 2. The first-order valence-electron chi connectivity index (χ1n) is 2.35. The van der Waals surface area contributed by atoms with Crippen molar-refractivity contribution in [3.8, 4) is 0 Å². The fourth-order valence-corrected chi connectivity index (χ4v) is 0.326. The van der Waals surface area contributed by atoms with E-state index in [4.69, 9.17) is 13.3 Å². The Morgan fingerprint density at radius 1 is 1.60 bits per heavy atom. The summed E-state index contributed by atoms with van der Waals surface area (Å²) in [6.45, 7) is 0. The molecule has 0 atom stereocenters. The van der Waals surface area contributed by atoms with Crippen molar-refractivity contribution < 1.29 is 13.3 Å². The lowest BCUT2D eigenvalue weighted by Crippen LogP contribution is -1.76. The van der Waals surface area contributed by atoms with Gasteiger partial charge < -0.3 is 4.57 Å². The molecule has 0 bridgehead atoms. The normalized spacial score (nSPS) is 8.80. The molecule has 0 aliphatic heterocycles. The largest absolute Gasteiger partial charge is 0.341 e. The maximum absolute atomic E-state index is 8.67. The Morgan fingerprint density at radius 3 is 2.20 bits per heavy atom. The van der Waals surface area contributed by atoms with Crippen molar-refractivity contribution in [3.63, 3.8) is 0 Å². The smallest absolute Gasteiger partial charge is 0.299 e. The fourth-order valence-electron chi connectivity index (χ4n) is 0.326. The Balaban J connectivity index is 0.000000180. The zero-order valence-electron chi connectivity index (χ0n) is 5.34. The average molecular weight is 164 g/mol. The van der Waals surface area contributed by atoms with Gasteiger partial charge in [0.25, 0.3) is 11.4 Å². The second-order valence-corrected chi connectivity index (χ2v) is 1.92. The quantitative estimate of drug-likeness (QED) is 0.533. The van der Waals surface area contributed by atoms with E-state index in [1.807, 2.05) is 17.8 Å². The summed E-state index contributed by atoms with van der Waals surface area (Å²) >= 11 is -2.61. The lowest BCUT2D eigenvalue weighted by Gasteiger charge is -1.76. The van der Waals surface area contributed by atoms with Crippen LogP contribution in [0, 0.1) is 0 Å². The molecule has 10 heavy (non-hydrogen) atoms. The summed E-state index contributed by atoms with van der Waals surface area (Å²) in [4.78, 5) is 3.78. The van der Waals surface area contributed by atoms with Crippen LogP contribution in [0.25, 0.3) is 0 Å². The van der Waals surface area contributed by atoms with Gasteiger partial charge in [-0.2, -0.15) is 4.21 Å². The molecule has 0 saturated carbocycles. The van der Waals surface area contributed by atoms with Gasteiger partial charge in [-0.25, -0.2) is 4.98 Å². The van der Waals surface area contributed by atoms with E-state index in [0.29, 0.717) is 0 Å². The number of aryl methyl sites for hydroxylation is 1. The standard InChI is InChI=1S/C4H6N2.H2O3S/c1-6-3-2-5-4-6;1-4(2)3/h2-4H,1H3;(H2,1,2,3). The van der Waals surface area contributed by atoms with E-state index >= 15 is 0 Å². The van der Waals surface area contributed by atoms with Crippen LogP contribution in [-0.2, 0) is 18.4 Å². The summed E-state index contributed by atoms with van der Waals surface area (Å²) < 4.78 is 24.7. The molecule has 0 radical (unpaired) electrons. The Kier molecular flexibility index (Phi) is 4.73. The van der Waals surface area contributed by atoms with Crippen LogP contribution in [-0.4, -0.2) is 22.9 Å². The molecule has 0 aliphatic carbocycles. The van der Waals surface area contributed by atoms with E-state index in [0.717, 1.165) is 0 Å². The maximum atomic E-state index is 8.67. The summed E-state index contributed by atoms with van der Waals surface area (Å²) in [6.07, 6.45) is 5.39. The molecule has 1 aromatic heterocycles. The molecule has 0 amide bonds. The number of hydrogen-bond donors (Lipinski definition) is 2. The minimum atomic E-state index is -2.61. The van der Waals surface area contributed by atoms with Crippen LogP contribution in [0.3, 0.4) is 0 Å². The van der Waals surface area contributed by atoms with Gasteiger partial charge >= 0.3 is 0 Å². The van der Waals surface area contributed by atoms with Gasteiger partial charge in [-0.1, -0.05) is 0 Å². The average Bonchev–Trinajstić information content (AvgIpc) is 2.15. The SMILES string of the molecule is Cn1ccnc1.O=S(O)O. The molecule has 0 spiro atoms. The molecular formula is C4H8N2O3S. The predicted octanol–water partition coefficient (Wildman–Crippen LogP) is 0.101. The summed E-state index contributed by atoms with van der Waals surface area (Å²) in [5.41, 5.74) is 0. The second-order valence-electron chi connectivity index (χ2n) is 1.46. The highest BCUT2D eigenvalue weighted by molar-refractivity contribution is 7.73. The monoisotopic (exact) mass is 164 g/mol. The van der Waals surface area contributed by atoms with Gasteiger partial charge in [0.05, 0.1) is 6.33 Å². The second kappa shape index (κ2) is 5.10. The molecule has 5 nitrogen and oxygen atoms in total. The summed E-state index contributed by atoms with van der Waals surface area (Å²) in [7, 11) is 1.94. The van der Waals surface area contributed by atoms with Gasteiger partial charge in [-0.15, -0.1) is 0 Å². The first-order valence-corrected chi connectivity index (χ1v) is 3.41. The first kappa shape index (κ1) is 9.28. The van der Waals surface area contributed by atoms with Crippen LogP contribution in [0.4, 0.5) is 0 Å². The third-order valence-electron chi connectivity index (χ3n) is 0.637. The maximum Gasteiger partial charge on any atom is 0.299 e. The molecule has 1 aromatic rings. The topological polar surface area (TPSA) is 75.4 Å². The van der Waals surface area contributed by atoms with Crippen molar-refractivity contribution in [2.24, 2.45) is 7.05 Å². The van der Waals surface area contributed by atoms with Crippen molar-refractivity contribution >= 4 is 11.4 Å². The zero-order valence-corrected chi connectivity index (χ0v) is 6.15. The van der Waals surface area contributed by atoms with E-state index in [9.17, 15) is 0 Å². The molecule has 2 N–H and O–H groups in total. The predicted molar refractivity (Wildman–Crippen MR) is 36.6 cm³/mol. The van der Waals surface area contributed by atoms with E-state index in [-0.39, 0.29) is 0 Å². The van der Waals surface area contributed by atoms with Crippen molar-refractivity contribution in [3.05, 3.63) is 18.7 Å². The first-order chi connectivity index (χ1) is 4.63. The summed E-state index contributed by atoms with van der Waals surface area (Å²) in [5.74, 6) is 0. The molecule has 0 saturated heterocycles. The molecule has 6 heteroatoms. The number of imidazole rings is 1. The number of rotatable bonds is 0. The minimum absolute atomic E-state index is 1.75. The molecular weight excluding hydrogens is 156 g/mol. The third-order valence-corrected chi connectivity index (χ3v) is 0.637. The Morgan fingerprint density at radius 2 is 2.10 bits per heavy atom. The molecule has 58 valence electrons. The van der Waals surface area contributed by atoms with Gasteiger partial charge in [-0.05, 0) is 0 Å². The van der Waals surface area contributed by atoms with Gasteiger partial charge in [0.2, 0.25) is 0 Å². The van der Waals surface area contributed by atoms with Crippen LogP contribution in [0.5, 0.6) is 0 Å². The molecule has 0 aliphatic rings. The van der Waals surface area contributed by atoms with Gasteiger partial charge in [0.15, 0.2) is 0 Å². The summed E-state index contributed by atoms with van der Waals surface area (Å²) in [5, 5.41) is 0. The van der Waals surface area contributed by atoms with E-state index in [1.54, 1.807) is 12.5 Å². The van der Waals surface area contributed by atoms with E-state index in [2.05, 4.69) is 4.98 Å². The van der Waals surface area contributed by atoms with Crippen LogP contribution in [0.2, 0.25) is 0 Å². The lowest BCUT2D eigenvalue weighted by molar-refractivity contribution is 0.454. The van der Waals surface area contributed by atoms with E-state index < -0.39 is 11.4 Å². The Labute approximate surface area is 60.8 Å². The number of nitrogens with zero attached hydrogens (tertiary/aromatic N) is 2. The van der Waals surface area contributed by atoms with Gasteiger partial charge in [-0.3, -0.25) is 9.11 Å².